The molecule has 0 amide bonds. The number of nitro benzene ring substituents is 2. The molecule has 0 atom stereocenters. The average Bonchev–Trinajstić information content (AvgIpc) is 3.02. The summed E-state index contributed by atoms with van der Waals surface area (Å²) in [5.74, 6) is 0.136. The Bertz CT molecular complexity index is 1220. The summed E-state index contributed by atoms with van der Waals surface area (Å²) >= 11 is 0.925. The highest BCUT2D eigenvalue weighted by Gasteiger charge is 2.35. The van der Waals surface area contributed by atoms with Gasteiger partial charge < -0.3 is 10.3 Å². The van der Waals surface area contributed by atoms with Gasteiger partial charge in [0.15, 0.2) is 0 Å². The van der Waals surface area contributed by atoms with E-state index in [1.807, 2.05) is 41.5 Å². The van der Waals surface area contributed by atoms with Crippen LogP contribution in [0.15, 0.2) is 32.6 Å². The van der Waals surface area contributed by atoms with Gasteiger partial charge in [-0.1, -0.05) is 53.3 Å². The highest BCUT2D eigenvalue weighted by atomic mass is 32.2. The number of phenolic OH excluding ortho intramolecular Hbond substituents is 1. The van der Waals surface area contributed by atoms with Gasteiger partial charge in [0.2, 0.25) is 0 Å². The van der Waals surface area contributed by atoms with Crippen molar-refractivity contribution in [3.63, 3.8) is 0 Å². The summed E-state index contributed by atoms with van der Waals surface area (Å²) in [6, 6.07) is 4.14. The maximum absolute atomic E-state index is 12.0. The molecular weight excluding hydrogens is 440 g/mol. The molecule has 1 heterocycles. The Hall–Kier alpha value is -3.41. The van der Waals surface area contributed by atoms with E-state index in [0.29, 0.717) is 16.0 Å². The third kappa shape index (κ3) is 4.05. The first kappa shape index (κ1) is 23.3. The van der Waals surface area contributed by atoms with Crippen molar-refractivity contribution in [3.05, 3.63) is 54.8 Å². The van der Waals surface area contributed by atoms with Crippen molar-refractivity contribution in [1.82, 2.24) is 5.16 Å². The number of rotatable bonds is 4. The molecular formula is C20H22N4O7S. The normalized spacial score (nSPS) is 12.3. The fourth-order valence-corrected chi connectivity index (χ4v) is 4.36. The van der Waals surface area contributed by atoms with E-state index in [-0.39, 0.29) is 21.1 Å². The van der Waals surface area contributed by atoms with Gasteiger partial charge >= 0.3 is 11.2 Å². The highest BCUT2D eigenvalue weighted by Crippen LogP contribution is 2.46. The van der Waals surface area contributed by atoms with E-state index < -0.39 is 37.6 Å². The highest BCUT2D eigenvalue weighted by molar-refractivity contribution is 7.99. The molecule has 0 aliphatic carbocycles. The van der Waals surface area contributed by atoms with Crippen molar-refractivity contribution in [2.24, 2.45) is 0 Å². The molecule has 0 spiro atoms. The maximum atomic E-state index is 12.0. The van der Waals surface area contributed by atoms with Crippen LogP contribution in [-0.4, -0.2) is 20.1 Å². The summed E-state index contributed by atoms with van der Waals surface area (Å²) in [4.78, 5) is 21.8. The second kappa shape index (κ2) is 7.62. The lowest BCUT2D eigenvalue weighted by Gasteiger charge is -2.28. The number of non-ortho nitro benzene ring substituents is 1. The van der Waals surface area contributed by atoms with Crippen molar-refractivity contribution >= 4 is 34.2 Å². The predicted octanol–water partition coefficient (Wildman–Crippen LogP) is 4.73. The van der Waals surface area contributed by atoms with Gasteiger partial charge in [-0.05, 0) is 27.9 Å². The smallest absolute Gasteiger partial charge is 0.331 e. The molecule has 2 aromatic carbocycles. The lowest BCUT2D eigenvalue weighted by atomic mass is 9.79. The topological polar surface area (TPSA) is 159 Å². The Morgan fingerprint density at radius 2 is 1.47 bits per heavy atom. The number of aromatic nitrogens is 2. The Morgan fingerprint density at radius 1 is 0.969 bits per heavy atom. The van der Waals surface area contributed by atoms with Gasteiger partial charge in [-0.2, -0.15) is 0 Å². The number of aromatic hydroxyl groups is 1. The molecule has 0 saturated carbocycles. The van der Waals surface area contributed by atoms with Gasteiger partial charge in [-0.25, -0.2) is 0 Å². The Morgan fingerprint density at radius 3 is 1.91 bits per heavy atom. The number of phenols is 1. The quantitative estimate of drug-likeness (QED) is 0.328. The SMILES string of the molecule is CC(C)(C)c1cc(Sc2c([N+](=O)[O-])cc([N+](=O)[O-])c3c2no[n+]3[O-])cc(C(C)(C)C)c1O. The lowest BCUT2D eigenvalue weighted by molar-refractivity contribution is -0.783. The summed E-state index contributed by atoms with van der Waals surface area (Å²) in [6.45, 7) is 11.5. The van der Waals surface area contributed by atoms with E-state index in [2.05, 4.69) is 9.79 Å². The second-order valence-electron chi connectivity index (χ2n) is 9.35. The van der Waals surface area contributed by atoms with E-state index in [9.17, 15) is 30.5 Å². The van der Waals surface area contributed by atoms with Gasteiger partial charge in [0.1, 0.15) is 16.7 Å². The molecule has 0 unspecified atom stereocenters. The minimum Gasteiger partial charge on any atom is -0.507 e. The number of benzene rings is 2. The molecule has 0 aliphatic rings. The molecule has 0 radical (unpaired) electrons. The summed E-state index contributed by atoms with van der Waals surface area (Å²) < 4.78 is 4.52. The average molecular weight is 462 g/mol. The molecule has 3 aromatic rings. The van der Waals surface area contributed by atoms with Crippen LogP contribution in [0.5, 0.6) is 5.75 Å². The summed E-state index contributed by atoms with van der Waals surface area (Å²) in [6.07, 6.45) is 0. The Balaban J connectivity index is 2.33. The van der Waals surface area contributed by atoms with E-state index in [1.165, 1.54) is 0 Å². The summed E-state index contributed by atoms with van der Waals surface area (Å²) in [7, 11) is 0. The molecule has 1 aromatic heterocycles. The molecule has 0 bridgehead atoms. The standard InChI is InChI=1S/C20H22N4O7S/c1-19(2,3)11-7-10(8-12(17(11)25)20(4,5)6)32-18-14(23(28)29)9-13(22(26)27)16-15(18)21-31-24(16)30/h7-9,25H,1-6H3. The molecule has 0 saturated heterocycles. The zero-order chi connectivity index (χ0) is 24.2. The van der Waals surface area contributed by atoms with E-state index in [1.54, 1.807) is 12.1 Å². The van der Waals surface area contributed by atoms with Crippen LogP contribution in [-0.2, 0) is 10.8 Å². The van der Waals surface area contributed by atoms with E-state index in [0.717, 1.165) is 17.8 Å². The zero-order valence-corrected chi connectivity index (χ0v) is 19.1. The second-order valence-corrected chi connectivity index (χ2v) is 10.4. The number of fused-ring (bicyclic) bond motifs is 1. The number of hydrogen-bond donors (Lipinski definition) is 1. The van der Waals surface area contributed by atoms with Crippen LogP contribution in [0.25, 0.3) is 11.0 Å². The molecule has 3 rings (SSSR count). The summed E-state index contributed by atoms with van der Waals surface area (Å²) in [5.41, 5.74) is -1.76. The molecule has 0 aliphatic heterocycles. The molecule has 170 valence electrons. The predicted molar refractivity (Wildman–Crippen MR) is 116 cm³/mol. The molecule has 1 N–H and O–H groups in total. The molecule has 32 heavy (non-hydrogen) atoms. The Labute approximate surface area is 186 Å². The molecule has 0 fully saturated rings. The first-order chi connectivity index (χ1) is 14.6. The summed E-state index contributed by atoms with van der Waals surface area (Å²) in [5, 5.41) is 49.5. The van der Waals surface area contributed by atoms with Gasteiger partial charge in [0.05, 0.1) is 9.85 Å². The van der Waals surface area contributed by atoms with Gasteiger partial charge in [0, 0.05) is 21.2 Å². The first-order valence-electron chi connectivity index (χ1n) is 9.54. The fraction of sp³-hybridized carbons (Fsp3) is 0.400. The lowest BCUT2D eigenvalue weighted by Crippen LogP contribution is -2.23. The first-order valence-corrected chi connectivity index (χ1v) is 10.4. The zero-order valence-electron chi connectivity index (χ0n) is 18.3. The van der Waals surface area contributed by atoms with Crippen molar-refractivity contribution in [2.75, 3.05) is 0 Å². The Kier molecular flexibility index (Phi) is 5.54. The minimum absolute atomic E-state index is 0.0700. The number of hydrogen-bond acceptors (Lipinski definition) is 9. The van der Waals surface area contributed by atoms with Gasteiger partial charge in [-0.3, -0.25) is 24.9 Å². The monoisotopic (exact) mass is 462 g/mol. The minimum atomic E-state index is -0.897. The largest absolute Gasteiger partial charge is 0.507 e. The van der Waals surface area contributed by atoms with Crippen molar-refractivity contribution in [3.8, 4) is 5.75 Å². The van der Waals surface area contributed by atoms with E-state index in [4.69, 9.17) is 0 Å². The van der Waals surface area contributed by atoms with Crippen LogP contribution in [0, 0.1) is 25.4 Å². The van der Waals surface area contributed by atoms with Crippen LogP contribution < -0.4 is 4.90 Å². The van der Waals surface area contributed by atoms with Gasteiger partial charge in [0.25, 0.3) is 11.2 Å². The van der Waals surface area contributed by atoms with Crippen molar-refractivity contribution in [2.45, 2.75) is 62.2 Å². The fourth-order valence-electron chi connectivity index (χ4n) is 3.30. The molecule has 11 nitrogen and oxygen atoms in total. The van der Waals surface area contributed by atoms with Crippen LogP contribution in [0.3, 0.4) is 0 Å². The third-order valence-corrected chi connectivity index (χ3v) is 5.97. The van der Waals surface area contributed by atoms with Crippen LogP contribution in [0.2, 0.25) is 0 Å². The van der Waals surface area contributed by atoms with E-state index >= 15 is 0 Å². The van der Waals surface area contributed by atoms with Crippen LogP contribution >= 0.6 is 11.8 Å². The third-order valence-electron chi connectivity index (χ3n) is 4.89. The van der Waals surface area contributed by atoms with Crippen LogP contribution in [0.1, 0.15) is 52.7 Å². The van der Waals surface area contributed by atoms with Gasteiger partial charge in [-0.15, -0.1) is 0 Å². The van der Waals surface area contributed by atoms with Crippen molar-refractivity contribution in [1.29, 1.82) is 0 Å². The maximum Gasteiger partial charge on any atom is 0.331 e. The van der Waals surface area contributed by atoms with Crippen molar-refractivity contribution < 1.29 is 24.5 Å². The molecule has 12 heteroatoms. The van der Waals surface area contributed by atoms with Crippen LogP contribution in [0.4, 0.5) is 11.4 Å². The number of nitro groups is 2. The number of nitrogens with zero attached hydrogens (tertiary/aromatic N) is 4.